The van der Waals surface area contributed by atoms with Crippen molar-refractivity contribution in [3.05, 3.63) is 64.1 Å². The summed E-state index contributed by atoms with van der Waals surface area (Å²) >= 11 is 11.8. The van der Waals surface area contributed by atoms with Crippen molar-refractivity contribution in [2.24, 2.45) is 4.99 Å². The van der Waals surface area contributed by atoms with Crippen LogP contribution in [0.1, 0.15) is 5.56 Å². The first-order valence-corrected chi connectivity index (χ1v) is 7.92. The molecule has 0 saturated heterocycles. The lowest BCUT2D eigenvalue weighted by Gasteiger charge is -2.19. The number of nitrogens with zero attached hydrogens (tertiary/aromatic N) is 1. The van der Waals surface area contributed by atoms with Crippen LogP contribution in [-0.4, -0.2) is 17.8 Å². The summed E-state index contributed by atoms with van der Waals surface area (Å²) < 4.78 is 66.6. The molecule has 1 heterocycles. The quantitative estimate of drug-likeness (QED) is 0.549. The second-order valence-corrected chi connectivity index (χ2v) is 6.22. The number of anilines is 1. The summed E-state index contributed by atoms with van der Waals surface area (Å²) in [5.41, 5.74) is -1.06. The van der Waals surface area contributed by atoms with Gasteiger partial charge in [0.2, 0.25) is 0 Å². The minimum absolute atomic E-state index is 0.0189. The molecule has 2 aromatic carbocycles. The Morgan fingerprint density at radius 1 is 0.885 bits per heavy atom. The summed E-state index contributed by atoms with van der Waals surface area (Å²) in [5.74, 6) is -5.15. The molecule has 0 aliphatic carbocycles. The second-order valence-electron chi connectivity index (χ2n) is 5.40. The molecule has 0 saturated carbocycles. The van der Waals surface area contributed by atoms with Crippen molar-refractivity contribution in [3.63, 3.8) is 0 Å². The van der Waals surface area contributed by atoms with Crippen LogP contribution in [0.4, 0.5) is 33.3 Å². The second kappa shape index (κ2) is 6.55. The zero-order chi connectivity index (χ0) is 19.1. The van der Waals surface area contributed by atoms with Crippen molar-refractivity contribution in [1.82, 2.24) is 0 Å². The molecule has 0 atom stereocenters. The predicted molar refractivity (Wildman–Crippen MR) is 92.6 cm³/mol. The number of alkyl halides is 5. The van der Waals surface area contributed by atoms with Gasteiger partial charge >= 0.3 is 12.1 Å². The predicted octanol–water partition coefficient (Wildman–Crippen LogP) is 6.73. The molecule has 0 spiro atoms. The van der Waals surface area contributed by atoms with Gasteiger partial charge in [0.05, 0.1) is 21.4 Å². The van der Waals surface area contributed by atoms with Gasteiger partial charge in [0.15, 0.2) is 0 Å². The molecular formula is C17H9Cl2F5N2. The molecule has 2 aromatic rings. The van der Waals surface area contributed by atoms with E-state index in [2.05, 4.69) is 10.3 Å². The molecule has 26 heavy (non-hydrogen) atoms. The number of rotatable bonds is 2. The van der Waals surface area contributed by atoms with Crippen molar-refractivity contribution < 1.29 is 22.0 Å². The Kier molecular flexibility index (Phi) is 4.71. The number of fused-ring (bicyclic) bond motifs is 1. The normalized spacial score (nSPS) is 14.7. The van der Waals surface area contributed by atoms with Crippen LogP contribution >= 0.6 is 23.2 Å². The van der Waals surface area contributed by atoms with E-state index < -0.39 is 17.8 Å². The fourth-order valence-corrected chi connectivity index (χ4v) is 2.61. The molecule has 136 valence electrons. The van der Waals surface area contributed by atoms with Crippen LogP contribution in [-0.2, 0) is 0 Å². The zero-order valence-corrected chi connectivity index (χ0v) is 14.2. The highest BCUT2D eigenvalue weighted by Gasteiger charge is 2.61. The molecule has 3 rings (SSSR count). The van der Waals surface area contributed by atoms with Crippen molar-refractivity contribution in [2.75, 3.05) is 5.32 Å². The average Bonchev–Trinajstić information content (AvgIpc) is 2.75. The Morgan fingerprint density at radius 2 is 1.50 bits per heavy atom. The fourth-order valence-electron chi connectivity index (χ4n) is 2.29. The maximum absolute atomic E-state index is 14.0. The summed E-state index contributed by atoms with van der Waals surface area (Å²) in [6, 6.07) is 10.5. The van der Waals surface area contributed by atoms with Crippen LogP contribution in [0.25, 0.3) is 5.70 Å². The van der Waals surface area contributed by atoms with Crippen LogP contribution in [0, 0.1) is 0 Å². The van der Waals surface area contributed by atoms with E-state index >= 15 is 0 Å². The number of hydrogen-bond donors (Lipinski definition) is 1. The summed E-state index contributed by atoms with van der Waals surface area (Å²) in [6.07, 6.45) is -5.13. The first kappa shape index (κ1) is 18.7. The molecule has 1 aliphatic rings. The molecule has 2 nitrogen and oxygen atoms in total. The number of hydrogen-bond acceptors (Lipinski definition) is 2. The third-order valence-corrected chi connectivity index (χ3v) is 4.31. The molecule has 0 fully saturated rings. The van der Waals surface area contributed by atoms with Crippen LogP contribution in [0.3, 0.4) is 0 Å². The van der Waals surface area contributed by atoms with Crippen LogP contribution in [0.15, 0.2) is 53.5 Å². The number of allylic oxidation sites excluding steroid dienone is 1. The van der Waals surface area contributed by atoms with Gasteiger partial charge in [0, 0.05) is 5.70 Å². The van der Waals surface area contributed by atoms with Gasteiger partial charge in [-0.1, -0.05) is 53.5 Å². The third kappa shape index (κ3) is 3.41. The van der Waals surface area contributed by atoms with Gasteiger partial charge in [-0.05, 0) is 23.8 Å². The summed E-state index contributed by atoms with van der Waals surface area (Å²) in [5, 5.41) is 2.88. The monoisotopic (exact) mass is 406 g/mol. The SMILES string of the molecule is FC(F)(F)C(F)(F)C1=Nc2cc(Cl)c(Cl)cc2NC(c2ccccc2)=C1. The molecule has 0 radical (unpaired) electrons. The van der Waals surface area contributed by atoms with E-state index in [9.17, 15) is 22.0 Å². The number of nitrogens with one attached hydrogen (secondary N) is 1. The first-order chi connectivity index (χ1) is 12.1. The smallest absolute Gasteiger partial charge is 0.353 e. The number of benzene rings is 2. The van der Waals surface area contributed by atoms with E-state index in [0.29, 0.717) is 11.6 Å². The van der Waals surface area contributed by atoms with Gasteiger partial charge < -0.3 is 5.32 Å². The Morgan fingerprint density at radius 3 is 2.12 bits per heavy atom. The van der Waals surface area contributed by atoms with Crippen molar-refractivity contribution in [2.45, 2.75) is 12.1 Å². The Bertz CT molecular complexity index is 905. The van der Waals surface area contributed by atoms with Crippen LogP contribution in [0.5, 0.6) is 0 Å². The highest BCUT2D eigenvalue weighted by molar-refractivity contribution is 6.42. The van der Waals surface area contributed by atoms with Crippen molar-refractivity contribution in [3.8, 4) is 0 Å². The topological polar surface area (TPSA) is 24.4 Å². The number of halogens is 7. The van der Waals surface area contributed by atoms with Gasteiger partial charge in [0.25, 0.3) is 0 Å². The third-order valence-electron chi connectivity index (χ3n) is 3.59. The molecule has 0 unspecified atom stereocenters. The maximum Gasteiger partial charge on any atom is 0.459 e. The number of aliphatic imine (C=N–C) groups is 1. The van der Waals surface area contributed by atoms with Crippen LogP contribution in [0.2, 0.25) is 10.0 Å². The summed E-state index contributed by atoms with van der Waals surface area (Å²) in [6.45, 7) is 0. The summed E-state index contributed by atoms with van der Waals surface area (Å²) in [7, 11) is 0. The molecule has 0 aromatic heterocycles. The molecule has 0 bridgehead atoms. The minimum atomic E-state index is -5.80. The van der Waals surface area contributed by atoms with Crippen molar-refractivity contribution in [1.29, 1.82) is 0 Å². The largest absolute Gasteiger partial charge is 0.459 e. The Labute approximate surface area is 154 Å². The lowest BCUT2D eigenvalue weighted by Crippen LogP contribution is -2.43. The van der Waals surface area contributed by atoms with E-state index in [-0.39, 0.29) is 27.1 Å². The average molecular weight is 407 g/mol. The fraction of sp³-hybridized carbons (Fsp3) is 0.118. The standard InChI is InChI=1S/C17H9Cl2F5N2/c18-10-6-13-14(7-11(10)19)26-15(16(20,21)17(22,23)24)8-12(25-13)9-4-2-1-3-5-9/h1-8,25H. The lowest BCUT2D eigenvalue weighted by atomic mass is 10.1. The van der Waals surface area contributed by atoms with Gasteiger partial charge in [-0.15, -0.1) is 0 Å². The van der Waals surface area contributed by atoms with E-state index in [0.717, 1.165) is 6.07 Å². The first-order valence-electron chi connectivity index (χ1n) is 7.16. The van der Waals surface area contributed by atoms with Crippen LogP contribution < -0.4 is 5.32 Å². The zero-order valence-electron chi connectivity index (χ0n) is 12.7. The lowest BCUT2D eigenvalue weighted by molar-refractivity contribution is -0.248. The van der Waals surface area contributed by atoms with Gasteiger partial charge in [-0.3, -0.25) is 0 Å². The highest BCUT2D eigenvalue weighted by Crippen LogP contribution is 2.43. The van der Waals surface area contributed by atoms with Gasteiger partial charge in [-0.25, -0.2) is 4.99 Å². The Balaban J connectivity index is 2.24. The van der Waals surface area contributed by atoms with Crippen molar-refractivity contribution >= 4 is 46.0 Å². The van der Waals surface area contributed by atoms with Gasteiger partial charge in [0.1, 0.15) is 5.71 Å². The van der Waals surface area contributed by atoms with E-state index in [1.807, 2.05) is 0 Å². The maximum atomic E-state index is 14.0. The molecule has 0 amide bonds. The highest BCUT2D eigenvalue weighted by atomic mass is 35.5. The molecule has 9 heteroatoms. The molecular weight excluding hydrogens is 398 g/mol. The van der Waals surface area contributed by atoms with E-state index in [1.165, 1.54) is 6.07 Å². The van der Waals surface area contributed by atoms with E-state index in [1.54, 1.807) is 30.3 Å². The molecule has 1 aliphatic heterocycles. The van der Waals surface area contributed by atoms with E-state index in [4.69, 9.17) is 23.2 Å². The molecule has 1 N–H and O–H groups in total. The Hall–Kier alpha value is -2.12. The minimum Gasteiger partial charge on any atom is -0.353 e. The van der Waals surface area contributed by atoms with Gasteiger partial charge in [-0.2, -0.15) is 22.0 Å². The summed E-state index contributed by atoms with van der Waals surface area (Å²) in [4.78, 5) is 3.52.